The maximum Gasteiger partial charge on any atom is 0.383 e. The van der Waals surface area contributed by atoms with E-state index in [0.29, 0.717) is 19.4 Å². The molecule has 0 spiro atoms. The van der Waals surface area contributed by atoms with Gasteiger partial charge in [0.25, 0.3) is 0 Å². The standard InChI is InChI=1S/C8H16N2O5/c1-5(11)7(12)14-15-8(13)6(10)3-2-4-9/h5-6,11H,2-4,9-10H2,1H3. The molecule has 0 rings (SSSR count). The summed E-state index contributed by atoms with van der Waals surface area (Å²) in [5, 5.41) is 8.70. The van der Waals surface area contributed by atoms with Crippen LogP contribution in [0.25, 0.3) is 0 Å². The Hall–Kier alpha value is -1.18. The second-order valence-corrected chi connectivity index (χ2v) is 3.02. The second-order valence-electron chi connectivity index (χ2n) is 3.02. The molecule has 0 aromatic rings. The van der Waals surface area contributed by atoms with Crippen LogP contribution in [-0.2, 0) is 19.4 Å². The summed E-state index contributed by atoms with van der Waals surface area (Å²) in [6.07, 6.45) is -0.430. The zero-order valence-electron chi connectivity index (χ0n) is 8.51. The van der Waals surface area contributed by atoms with E-state index < -0.39 is 24.1 Å². The summed E-state index contributed by atoms with van der Waals surface area (Å²) >= 11 is 0. The Labute approximate surface area is 87.2 Å². The summed E-state index contributed by atoms with van der Waals surface area (Å²) in [5.41, 5.74) is 10.6. The third-order valence-electron chi connectivity index (χ3n) is 1.57. The fraction of sp³-hybridized carbons (Fsp3) is 0.750. The van der Waals surface area contributed by atoms with Crippen LogP contribution in [0, 0.1) is 0 Å². The second kappa shape index (κ2) is 7.16. The summed E-state index contributed by atoms with van der Waals surface area (Å²) in [6.45, 7) is 1.60. The van der Waals surface area contributed by atoms with Crippen molar-refractivity contribution in [2.45, 2.75) is 31.9 Å². The van der Waals surface area contributed by atoms with Gasteiger partial charge in [0.2, 0.25) is 0 Å². The molecular weight excluding hydrogens is 204 g/mol. The van der Waals surface area contributed by atoms with E-state index in [1.807, 2.05) is 0 Å². The van der Waals surface area contributed by atoms with Crippen LogP contribution in [0.3, 0.4) is 0 Å². The van der Waals surface area contributed by atoms with E-state index in [2.05, 4.69) is 9.78 Å². The van der Waals surface area contributed by atoms with Gasteiger partial charge in [0, 0.05) is 0 Å². The molecular formula is C8H16N2O5. The number of hydrogen-bond acceptors (Lipinski definition) is 7. The molecule has 0 amide bonds. The van der Waals surface area contributed by atoms with Crippen LogP contribution in [0.2, 0.25) is 0 Å². The smallest absolute Gasteiger partial charge is 0.382 e. The number of rotatable bonds is 5. The Kier molecular flexibility index (Phi) is 6.59. The molecule has 0 heterocycles. The van der Waals surface area contributed by atoms with Crippen molar-refractivity contribution in [3.05, 3.63) is 0 Å². The van der Waals surface area contributed by atoms with Crippen LogP contribution >= 0.6 is 0 Å². The first-order valence-corrected chi connectivity index (χ1v) is 4.55. The van der Waals surface area contributed by atoms with Crippen LogP contribution < -0.4 is 11.5 Å². The van der Waals surface area contributed by atoms with Gasteiger partial charge >= 0.3 is 11.9 Å². The fourth-order valence-electron chi connectivity index (χ4n) is 0.669. The molecule has 0 fully saturated rings. The first-order valence-electron chi connectivity index (χ1n) is 4.55. The zero-order valence-corrected chi connectivity index (χ0v) is 8.51. The fourth-order valence-corrected chi connectivity index (χ4v) is 0.669. The summed E-state index contributed by atoms with van der Waals surface area (Å²) in [7, 11) is 0. The largest absolute Gasteiger partial charge is 0.383 e. The molecule has 7 nitrogen and oxygen atoms in total. The Morgan fingerprint density at radius 3 is 2.33 bits per heavy atom. The highest BCUT2D eigenvalue weighted by Gasteiger charge is 2.19. The van der Waals surface area contributed by atoms with Crippen molar-refractivity contribution in [1.82, 2.24) is 0 Å². The van der Waals surface area contributed by atoms with Crippen LogP contribution in [-0.4, -0.2) is 35.7 Å². The average molecular weight is 220 g/mol. The maximum absolute atomic E-state index is 11.0. The lowest BCUT2D eigenvalue weighted by atomic mass is 10.2. The lowest BCUT2D eigenvalue weighted by Crippen LogP contribution is -2.34. The van der Waals surface area contributed by atoms with Gasteiger partial charge in [-0.3, -0.25) is 0 Å². The van der Waals surface area contributed by atoms with Crippen molar-refractivity contribution in [3.8, 4) is 0 Å². The highest BCUT2D eigenvalue weighted by atomic mass is 17.2. The van der Waals surface area contributed by atoms with Crippen molar-refractivity contribution in [2.24, 2.45) is 11.5 Å². The van der Waals surface area contributed by atoms with Gasteiger partial charge in [-0.2, -0.15) is 0 Å². The van der Waals surface area contributed by atoms with Gasteiger partial charge in [-0.1, -0.05) is 0 Å². The van der Waals surface area contributed by atoms with Gasteiger partial charge in [-0.15, -0.1) is 0 Å². The SMILES string of the molecule is CC(O)C(=O)OOC(=O)C(N)CCCN. The molecule has 0 saturated carbocycles. The predicted molar refractivity (Wildman–Crippen MR) is 50.1 cm³/mol. The average Bonchev–Trinajstić information content (AvgIpc) is 2.21. The van der Waals surface area contributed by atoms with Gasteiger partial charge < -0.3 is 16.6 Å². The minimum atomic E-state index is -1.35. The monoisotopic (exact) mass is 220 g/mol. The number of hydrogen-bond donors (Lipinski definition) is 3. The zero-order chi connectivity index (χ0) is 11.8. The molecule has 0 radical (unpaired) electrons. The molecule has 0 aliphatic heterocycles. The third-order valence-corrected chi connectivity index (χ3v) is 1.57. The topological polar surface area (TPSA) is 125 Å². The lowest BCUT2D eigenvalue weighted by molar-refractivity contribution is -0.264. The van der Waals surface area contributed by atoms with Crippen molar-refractivity contribution >= 4 is 11.9 Å². The van der Waals surface area contributed by atoms with E-state index in [9.17, 15) is 9.59 Å². The van der Waals surface area contributed by atoms with E-state index in [1.54, 1.807) is 0 Å². The Balaban J connectivity index is 3.78. The van der Waals surface area contributed by atoms with Crippen molar-refractivity contribution in [1.29, 1.82) is 0 Å². The van der Waals surface area contributed by atoms with Gasteiger partial charge in [0.15, 0.2) is 6.10 Å². The molecule has 0 aromatic heterocycles. The van der Waals surface area contributed by atoms with Gasteiger partial charge in [-0.05, 0) is 26.3 Å². The molecule has 5 N–H and O–H groups in total. The first-order chi connectivity index (χ1) is 6.99. The molecule has 0 saturated heterocycles. The van der Waals surface area contributed by atoms with E-state index in [1.165, 1.54) is 6.92 Å². The Morgan fingerprint density at radius 2 is 1.87 bits per heavy atom. The summed E-state index contributed by atoms with van der Waals surface area (Å²) in [5.74, 6) is -1.91. The van der Waals surface area contributed by atoms with E-state index in [4.69, 9.17) is 16.6 Å². The lowest BCUT2D eigenvalue weighted by Gasteiger charge is -2.09. The molecule has 0 aliphatic carbocycles. The van der Waals surface area contributed by atoms with Crippen LogP contribution in [0.5, 0.6) is 0 Å². The molecule has 0 bridgehead atoms. The number of carbonyl (C=O) groups excluding carboxylic acids is 2. The minimum absolute atomic E-state index is 0.349. The van der Waals surface area contributed by atoms with E-state index >= 15 is 0 Å². The number of nitrogens with two attached hydrogens (primary N) is 2. The highest BCUT2D eigenvalue weighted by Crippen LogP contribution is 1.97. The number of aliphatic hydroxyl groups is 1. The van der Waals surface area contributed by atoms with Gasteiger partial charge in [0.1, 0.15) is 6.04 Å². The summed E-state index contributed by atoms with van der Waals surface area (Å²) in [6, 6.07) is -0.879. The van der Waals surface area contributed by atoms with Crippen molar-refractivity contribution < 1.29 is 24.5 Å². The summed E-state index contributed by atoms with van der Waals surface area (Å²) < 4.78 is 0. The molecule has 15 heavy (non-hydrogen) atoms. The van der Waals surface area contributed by atoms with E-state index in [0.717, 1.165) is 0 Å². The van der Waals surface area contributed by atoms with Crippen LogP contribution in [0.1, 0.15) is 19.8 Å². The third kappa shape index (κ3) is 6.00. The maximum atomic E-state index is 11.0. The van der Waals surface area contributed by atoms with Crippen LogP contribution in [0.4, 0.5) is 0 Å². The number of carbonyl (C=O) groups is 2. The molecule has 2 unspecified atom stereocenters. The normalized spacial score (nSPS) is 14.1. The summed E-state index contributed by atoms with van der Waals surface area (Å²) in [4.78, 5) is 29.8. The minimum Gasteiger partial charge on any atom is -0.382 e. The predicted octanol–water partition coefficient (Wildman–Crippen LogP) is -1.57. The number of aliphatic hydroxyl groups excluding tert-OH is 1. The van der Waals surface area contributed by atoms with Gasteiger partial charge in [0.05, 0.1) is 0 Å². The Morgan fingerprint density at radius 1 is 1.33 bits per heavy atom. The molecule has 0 aliphatic rings. The highest BCUT2D eigenvalue weighted by molar-refractivity contribution is 5.77. The van der Waals surface area contributed by atoms with E-state index in [-0.39, 0.29) is 0 Å². The van der Waals surface area contributed by atoms with Gasteiger partial charge in [-0.25, -0.2) is 19.4 Å². The van der Waals surface area contributed by atoms with Crippen molar-refractivity contribution in [2.75, 3.05) is 6.54 Å². The molecule has 2 atom stereocenters. The van der Waals surface area contributed by atoms with Crippen LogP contribution in [0.15, 0.2) is 0 Å². The quantitative estimate of drug-likeness (QED) is 0.377. The first kappa shape index (κ1) is 13.8. The van der Waals surface area contributed by atoms with Crippen molar-refractivity contribution in [3.63, 3.8) is 0 Å². The molecule has 88 valence electrons. The molecule has 7 heteroatoms. The molecule has 0 aromatic carbocycles. The Bertz CT molecular complexity index is 219.